The van der Waals surface area contributed by atoms with Crippen LogP contribution in [0.5, 0.6) is 0 Å². The molecular formula is C11H24O3S. The Balaban J connectivity index is 3.73. The first-order valence-corrected chi connectivity index (χ1v) is 6.79. The van der Waals surface area contributed by atoms with Crippen LogP contribution >= 0.6 is 11.8 Å². The molecular weight excluding hydrogens is 212 g/mol. The van der Waals surface area contributed by atoms with Crippen LogP contribution in [0.15, 0.2) is 0 Å². The molecule has 0 aromatic carbocycles. The first-order chi connectivity index (χ1) is 7.06. The summed E-state index contributed by atoms with van der Waals surface area (Å²) in [6, 6.07) is 0. The summed E-state index contributed by atoms with van der Waals surface area (Å²) in [6.45, 7) is 9.30. The summed E-state index contributed by atoms with van der Waals surface area (Å²) < 4.78 is 16.6. The van der Waals surface area contributed by atoms with Gasteiger partial charge in [0.25, 0.3) is 0 Å². The van der Waals surface area contributed by atoms with Gasteiger partial charge in [0.2, 0.25) is 0 Å². The summed E-state index contributed by atoms with van der Waals surface area (Å²) in [5, 5.41) is 0. The van der Waals surface area contributed by atoms with Crippen LogP contribution in [-0.2, 0) is 14.2 Å². The van der Waals surface area contributed by atoms with Crippen molar-refractivity contribution < 1.29 is 14.2 Å². The summed E-state index contributed by atoms with van der Waals surface area (Å²) in [4.78, 5) is 0. The predicted octanol–water partition coefficient (Wildman–Crippen LogP) is 2.54. The Bertz CT molecular complexity index is 140. The van der Waals surface area contributed by atoms with E-state index in [4.69, 9.17) is 14.2 Å². The maximum absolute atomic E-state index is 5.69. The van der Waals surface area contributed by atoms with Crippen molar-refractivity contribution in [3.63, 3.8) is 0 Å². The molecule has 0 spiro atoms. The third-order valence-electron chi connectivity index (χ3n) is 1.58. The molecule has 0 aromatic heterocycles. The fourth-order valence-corrected chi connectivity index (χ4v) is 1.34. The van der Waals surface area contributed by atoms with Gasteiger partial charge in [0.05, 0.1) is 31.4 Å². The average Bonchev–Trinajstić information content (AvgIpc) is 2.13. The van der Waals surface area contributed by atoms with Gasteiger partial charge in [-0.05, 0) is 34.0 Å². The SMILES string of the molecule is CSCOCC(COC(C)C)OC(C)C. The molecule has 0 heterocycles. The van der Waals surface area contributed by atoms with E-state index in [0.29, 0.717) is 19.2 Å². The van der Waals surface area contributed by atoms with Crippen LogP contribution in [0.1, 0.15) is 27.7 Å². The monoisotopic (exact) mass is 236 g/mol. The van der Waals surface area contributed by atoms with Crippen LogP contribution in [0.4, 0.5) is 0 Å². The van der Waals surface area contributed by atoms with Crippen molar-refractivity contribution in [2.45, 2.75) is 46.0 Å². The second-order valence-electron chi connectivity index (χ2n) is 3.97. The molecule has 3 nitrogen and oxygen atoms in total. The summed E-state index contributed by atoms with van der Waals surface area (Å²) in [5.74, 6) is 0.708. The standard InChI is InChI=1S/C11H24O3S/c1-9(2)13-7-11(14-10(3)4)6-12-8-15-5/h9-11H,6-8H2,1-5H3. The van der Waals surface area contributed by atoms with E-state index < -0.39 is 0 Å². The molecule has 15 heavy (non-hydrogen) atoms. The van der Waals surface area contributed by atoms with Crippen LogP contribution in [0.25, 0.3) is 0 Å². The largest absolute Gasteiger partial charge is 0.376 e. The Kier molecular flexibility index (Phi) is 9.60. The van der Waals surface area contributed by atoms with E-state index in [1.54, 1.807) is 11.8 Å². The molecule has 1 unspecified atom stereocenters. The Morgan fingerprint density at radius 1 is 1.00 bits per heavy atom. The molecule has 0 radical (unpaired) electrons. The highest BCUT2D eigenvalue weighted by Crippen LogP contribution is 2.03. The Hall–Kier alpha value is 0.230. The van der Waals surface area contributed by atoms with Crippen LogP contribution in [0.2, 0.25) is 0 Å². The number of hydrogen-bond acceptors (Lipinski definition) is 4. The van der Waals surface area contributed by atoms with Gasteiger partial charge in [0.15, 0.2) is 0 Å². The second kappa shape index (κ2) is 9.46. The number of rotatable bonds is 9. The molecule has 0 bridgehead atoms. The fourth-order valence-electron chi connectivity index (χ4n) is 1.07. The molecule has 0 fully saturated rings. The van der Waals surface area contributed by atoms with Gasteiger partial charge in [-0.3, -0.25) is 0 Å². The van der Waals surface area contributed by atoms with Crippen molar-refractivity contribution in [1.29, 1.82) is 0 Å². The van der Waals surface area contributed by atoms with Crippen molar-refractivity contribution in [2.75, 3.05) is 25.4 Å². The third kappa shape index (κ3) is 10.5. The first-order valence-electron chi connectivity index (χ1n) is 5.40. The molecule has 0 aliphatic rings. The lowest BCUT2D eigenvalue weighted by atomic mass is 10.3. The molecule has 0 aromatic rings. The summed E-state index contributed by atoms with van der Waals surface area (Å²) in [7, 11) is 0. The molecule has 1 atom stereocenters. The minimum absolute atomic E-state index is 0.0412. The highest BCUT2D eigenvalue weighted by molar-refractivity contribution is 7.98. The van der Waals surface area contributed by atoms with E-state index in [1.807, 2.05) is 34.0 Å². The van der Waals surface area contributed by atoms with E-state index in [-0.39, 0.29) is 18.3 Å². The Morgan fingerprint density at radius 2 is 1.67 bits per heavy atom. The molecule has 0 N–H and O–H groups in total. The van der Waals surface area contributed by atoms with Crippen LogP contribution < -0.4 is 0 Å². The summed E-state index contributed by atoms with van der Waals surface area (Å²) >= 11 is 1.67. The van der Waals surface area contributed by atoms with Gasteiger partial charge >= 0.3 is 0 Å². The lowest BCUT2D eigenvalue weighted by molar-refractivity contribution is -0.0861. The van der Waals surface area contributed by atoms with Gasteiger partial charge in [-0.2, -0.15) is 0 Å². The van der Waals surface area contributed by atoms with Gasteiger partial charge in [-0.25, -0.2) is 0 Å². The minimum Gasteiger partial charge on any atom is -0.376 e. The van der Waals surface area contributed by atoms with Crippen molar-refractivity contribution >= 4 is 11.8 Å². The summed E-state index contributed by atoms with van der Waals surface area (Å²) in [6.07, 6.45) is 2.51. The molecule has 0 amide bonds. The van der Waals surface area contributed by atoms with Gasteiger partial charge in [-0.1, -0.05) is 0 Å². The van der Waals surface area contributed by atoms with E-state index in [9.17, 15) is 0 Å². The van der Waals surface area contributed by atoms with Gasteiger partial charge in [0.1, 0.15) is 6.10 Å². The zero-order chi connectivity index (χ0) is 11.7. The van der Waals surface area contributed by atoms with Crippen molar-refractivity contribution in [3.8, 4) is 0 Å². The van der Waals surface area contributed by atoms with Gasteiger partial charge in [0, 0.05) is 0 Å². The van der Waals surface area contributed by atoms with Crippen molar-refractivity contribution in [3.05, 3.63) is 0 Å². The van der Waals surface area contributed by atoms with Crippen LogP contribution in [-0.4, -0.2) is 43.7 Å². The maximum atomic E-state index is 5.69. The molecule has 92 valence electrons. The predicted molar refractivity (Wildman–Crippen MR) is 65.4 cm³/mol. The highest BCUT2D eigenvalue weighted by atomic mass is 32.2. The smallest absolute Gasteiger partial charge is 0.104 e. The fraction of sp³-hybridized carbons (Fsp3) is 1.00. The second-order valence-corrected chi connectivity index (χ2v) is 4.78. The van der Waals surface area contributed by atoms with E-state index >= 15 is 0 Å². The third-order valence-corrected chi connectivity index (χ3v) is 1.99. The van der Waals surface area contributed by atoms with Gasteiger partial charge in [-0.15, -0.1) is 11.8 Å². The quantitative estimate of drug-likeness (QED) is 0.454. The molecule has 0 aliphatic carbocycles. The minimum atomic E-state index is 0.0412. The van der Waals surface area contributed by atoms with E-state index in [2.05, 4.69) is 0 Å². The zero-order valence-corrected chi connectivity index (χ0v) is 11.3. The topological polar surface area (TPSA) is 27.7 Å². The molecule has 0 rings (SSSR count). The first kappa shape index (κ1) is 15.2. The lowest BCUT2D eigenvalue weighted by Gasteiger charge is -2.21. The lowest BCUT2D eigenvalue weighted by Crippen LogP contribution is -2.29. The normalized spacial score (nSPS) is 13.8. The van der Waals surface area contributed by atoms with Gasteiger partial charge < -0.3 is 14.2 Å². The number of thioether (sulfide) groups is 1. The van der Waals surface area contributed by atoms with Crippen LogP contribution in [0, 0.1) is 0 Å². The maximum Gasteiger partial charge on any atom is 0.104 e. The zero-order valence-electron chi connectivity index (χ0n) is 10.5. The van der Waals surface area contributed by atoms with E-state index in [0.717, 1.165) is 0 Å². The highest BCUT2D eigenvalue weighted by Gasteiger charge is 2.12. The van der Waals surface area contributed by atoms with Crippen molar-refractivity contribution in [1.82, 2.24) is 0 Å². The number of ether oxygens (including phenoxy) is 3. The van der Waals surface area contributed by atoms with Crippen LogP contribution in [0.3, 0.4) is 0 Å². The molecule has 4 heteroatoms. The molecule has 0 aliphatic heterocycles. The molecule has 0 saturated carbocycles. The average molecular weight is 236 g/mol. The van der Waals surface area contributed by atoms with Crippen molar-refractivity contribution in [2.24, 2.45) is 0 Å². The Morgan fingerprint density at radius 3 is 2.13 bits per heavy atom. The van der Waals surface area contributed by atoms with E-state index in [1.165, 1.54) is 0 Å². The Labute approximate surface area is 97.9 Å². The molecule has 0 saturated heterocycles. The number of hydrogen-bond donors (Lipinski definition) is 0. The summed E-state index contributed by atoms with van der Waals surface area (Å²) in [5.41, 5.74) is 0.